The number of hydrogen-bond acceptors (Lipinski definition) is 3. The Morgan fingerprint density at radius 3 is 2.58 bits per heavy atom. The third kappa shape index (κ3) is 2.54. The largest absolute Gasteiger partial charge is 0.385 e. The van der Waals surface area contributed by atoms with Gasteiger partial charge in [-0.3, -0.25) is 4.79 Å². The molecule has 0 aliphatic rings. The second-order valence-corrected chi connectivity index (χ2v) is 2.05. The lowest BCUT2D eigenvalue weighted by molar-refractivity contribution is 0.989. The van der Waals surface area contributed by atoms with Crippen molar-refractivity contribution in [2.45, 2.75) is 13.8 Å². The molecule has 0 saturated carbocycles. The molecule has 0 unspecified atom stereocenters. The van der Waals surface area contributed by atoms with E-state index in [0.29, 0.717) is 5.69 Å². The third-order valence-electron chi connectivity index (χ3n) is 1.06. The number of aromatic amines is 1. The summed E-state index contributed by atoms with van der Waals surface area (Å²) in [4.78, 5) is 10.7. The van der Waals surface area contributed by atoms with Crippen molar-refractivity contribution in [2.75, 3.05) is 12.4 Å². The van der Waals surface area contributed by atoms with Crippen LogP contribution in [0.3, 0.4) is 0 Å². The van der Waals surface area contributed by atoms with E-state index in [9.17, 15) is 4.79 Å². The van der Waals surface area contributed by atoms with E-state index < -0.39 is 0 Å². The molecule has 0 amide bonds. The fraction of sp³-hybridized carbons (Fsp3) is 0.429. The van der Waals surface area contributed by atoms with Crippen molar-refractivity contribution >= 4 is 17.3 Å². The van der Waals surface area contributed by atoms with Gasteiger partial charge in [0.1, 0.15) is 5.02 Å². The molecule has 0 aliphatic carbocycles. The van der Waals surface area contributed by atoms with Gasteiger partial charge in [-0.05, 0) is 0 Å². The number of hydrogen-bond donors (Lipinski definition) is 2. The first kappa shape index (κ1) is 11.0. The third-order valence-corrected chi connectivity index (χ3v) is 1.44. The summed E-state index contributed by atoms with van der Waals surface area (Å²) >= 11 is 5.55. The van der Waals surface area contributed by atoms with Gasteiger partial charge in [-0.25, -0.2) is 5.10 Å². The smallest absolute Gasteiger partial charge is 0.285 e. The van der Waals surface area contributed by atoms with Gasteiger partial charge in [0, 0.05) is 7.05 Å². The summed E-state index contributed by atoms with van der Waals surface area (Å²) in [7, 11) is 1.67. The molecule has 0 atom stereocenters. The fourth-order valence-electron chi connectivity index (χ4n) is 0.558. The Balaban J connectivity index is 0.000000561. The quantitative estimate of drug-likeness (QED) is 0.704. The van der Waals surface area contributed by atoms with E-state index in [4.69, 9.17) is 11.6 Å². The van der Waals surface area contributed by atoms with Crippen LogP contribution in [0.15, 0.2) is 11.0 Å². The summed E-state index contributed by atoms with van der Waals surface area (Å²) in [5, 5.41) is 8.59. The molecular weight excluding hydrogens is 178 g/mol. The molecule has 0 aliphatic heterocycles. The van der Waals surface area contributed by atoms with Gasteiger partial charge in [0.05, 0.1) is 11.9 Å². The van der Waals surface area contributed by atoms with E-state index in [0.717, 1.165) is 0 Å². The maximum Gasteiger partial charge on any atom is 0.285 e. The SMILES string of the molecule is CC.CNc1cn[nH]c(=O)c1Cl. The van der Waals surface area contributed by atoms with E-state index in [2.05, 4.69) is 15.5 Å². The number of nitrogens with zero attached hydrogens (tertiary/aromatic N) is 1. The molecule has 1 aromatic rings. The molecule has 1 heterocycles. The molecule has 0 fully saturated rings. The molecule has 0 spiro atoms. The zero-order valence-electron chi connectivity index (χ0n) is 7.31. The van der Waals surface area contributed by atoms with Crippen LogP contribution in [0.25, 0.3) is 0 Å². The van der Waals surface area contributed by atoms with Crippen molar-refractivity contribution < 1.29 is 0 Å². The van der Waals surface area contributed by atoms with Crippen LogP contribution in [0, 0.1) is 0 Å². The molecule has 0 radical (unpaired) electrons. The number of rotatable bonds is 1. The van der Waals surface area contributed by atoms with E-state index in [1.54, 1.807) is 7.05 Å². The summed E-state index contributed by atoms with van der Waals surface area (Å²) in [6, 6.07) is 0. The second kappa shape index (κ2) is 5.60. The van der Waals surface area contributed by atoms with Gasteiger partial charge in [0.2, 0.25) is 0 Å². The van der Waals surface area contributed by atoms with Crippen LogP contribution < -0.4 is 10.9 Å². The number of aromatic nitrogens is 2. The number of nitrogens with one attached hydrogen (secondary N) is 2. The zero-order valence-corrected chi connectivity index (χ0v) is 8.07. The van der Waals surface area contributed by atoms with Gasteiger partial charge in [-0.1, -0.05) is 25.4 Å². The molecule has 0 saturated heterocycles. The predicted molar refractivity (Wildman–Crippen MR) is 50.8 cm³/mol. The fourth-order valence-corrected chi connectivity index (χ4v) is 0.743. The van der Waals surface area contributed by atoms with Gasteiger partial charge < -0.3 is 5.32 Å². The molecule has 0 bridgehead atoms. The molecule has 68 valence electrons. The van der Waals surface area contributed by atoms with Crippen molar-refractivity contribution in [3.63, 3.8) is 0 Å². The summed E-state index contributed by atoms with van der Waals surface area (Å²) in [6.45, 7) is 4.00. The van der Waals surface area contributed by atoms with Gasteiger partial charge in [-0.15, -0.1) is 0 Å². The van der Waals surface area contributed by atoms with Gasteiger partial charge in [-0.2, -0.15) is 5.10 Å². The molecule has 4 nitrogen and oxygen atoms in total. The summed E-state index contributed by atoms with van der Waals surface area (Å²) in [6.07, 6.45) is 1.45. The summed E-state index contributed by atoms with van der Waals surface area (Å²) < 4.78 is 0. The maximum absolute atomic E-state index is 10.7. The Kier molecular flexibility index (Phi) is 5.12. The first-order valence-corrected chi connectivity index (χ1v) is 4.04. The minimum Gasteiger partial charge on any atom is -0.385 e. The van der Waals surface area contributed by atoms with Crippen LogP contribution in [0.1, 0.15) is 13.8 Å². The van der Waals surface area contributed by atoms with Crippen LogP contribution in [0.2, 0.25) is 5.02 Å². The standard InChI is InChI=1S/C5H6ClN3O.C2H6/c1-7-3-2-8-9-5(10)4(3)6;1-2/h2H,1H3,(H2,7,9,10);1-2H3. The highest BCUT2D eigenvalue weighted by molar-refractivity contribution is 6.32. The average molecular weight is 190 g/mol. The summed E-state index contributed by atoms with van der Waals surface area (Å²) in [5.74, 6) is 0. The Labute approximate surface area is 76.0 Å². The van der Waals surface area contributed by atoms with Crippen LogP contribution >= 0.6 is 11.6 Å². The molecule has 5 heteroatoms. The van der Waals surface area contributed by atoms with Gasteiger partial charge in [0.25, 0.3) is 5.56 Å². The Hall–Kier alpha value is -1.03. The van der Waals surface area contributed by atoms with E-state index >= 15 is 0 Å². The van der Waals surface area contributed by atoms with Crippen LogP contribution in [0.4, 0.5) is 5.69 Å². The average Bonchev–Trinajstić information content (AvgIpc) is 2.13. The van der Waals surface area contributed by atoms with Crippen LogP contribution in [0.5, 0.6) is 0 Å². The Bertz CT molecular complexity index is 284. The summed E-state index contributed by atoms with van der Waals surface area (Å²) in [5.41, 5.74) is 0.152. The zero-order chi connectivity index (χ0) is 9.56. The van der Waals surface area contributed by atoms with Crippen molar-refractivity contribution in [1.82, 2.24) is 10.2 Å². The van der Waals surface area contributed by atoms with Crippen molar-refractivity contribution in [1.29, 1.82) is 0 Å². The molecule has 1 aromatic heterocycles. The highest BCUT2D eigenvalue weighted by atomic mass is 35.5. The topological polar surface area (TPSA) is 57.8 Å². The molecule has 1 rings (SSSR count). The van der Waals surface area contributed by atoms with Crippen molar-refractivity contribution in [3.8, 4) is 0 Å². The maximum atomic E-state index is 10.7. The Morgan fingerprint density at radius 1 is 1.58 bits per heavy atom. The van der Waals surface area contributed by atoms with Crippen LogP contribution in [-0.4, -0.2) is 17.2 Å². The lowest BCUT2D eigenvalue weighted by Gasteiger charge is -1.97. The van der Waals surface area contributed by atoms with Crippen molar-refractivity contribution in [2.24, 2.45) is 0 Å². The van der Waals surface area contributed by atoms with E-state index in [-0.39, 0.29) is 10.6 Å². The molecular formula is C7H12ClN3O. The van der Waals surface area contributed by atoms with E-state index in [1.807, 2.05) is 13.8 Å². The normalized spacial score (nSPS) is 8.33. The first-order valence-electron chi connectivity index (χ1n) is 3.66. The minimum atomic E-state index is -0.381. The lowest BCUT2D eigenvalue weighted by atomic mass is 10.5. The lowest BCUT2D eigenvalue weighted by Crippen LogP contribution is -2.09. The minimum absolute atomic E-state index is 0.137. The van der Waals surface area contributed by atoms with Gasteiger partial charge in [0.15, 0.2) is 0 Å². The molecule has 12 heavy (non-hydrogen) atoms. The molecule has 2 N–H and O–H groups in total. The van der Waals surface area contributed by atoms with Gasteiger partial charge >= 0.3 is 0 Å². The number of halogens is 1. The predicted octanol–water partition coefficient (Wildman–Crippen LogP) is 1.49. The number of anilines is 1. The molecule has 0 aromatic carbocycles. The van der Waals surface area contributed by atoms with Crippen molar-refractivity contribution in [3.05, 3.63) is 21.6 Å². The first-order chi connectivity index (χ1) is 5.75. The number of H-pyrrole nitrogens is 1. The van der Waals surface area contributed by atoms with E-state index in [1.165, 1.54) is 6.20 Å². The monoisotopic (exact) mass is 189 g/mol. The second-order valence-electron chi connectivity index (χ2n) is 1.68. The highest BCUT2D eigenvalue weighted by Crippen LogP contribution is 2.12. The highest BCUT2D eigenvalue weighted by Gasteiger charge is 2.00. The van der Waals surface area contributed by atoms with Crippen LogP contribution in [-0.2, 0) is 0 Å². The Morgan fingerprint density at radius 2 is 2.17 bits per heavy atom.